The van der Waals surface area contributed by atoms with E-state index in [1.54, 1.807) is 6.07 Å². The zero-order valence-electron chi connectivity index (χ0n) is 8.36. The molecule has 0 amide bonds. The van der Waals surface area contributed by atoms with Crippen LogP contribution in [-0.4, -0.2) is 15.0 Å². The summed E-state index contributed by atoms with van der Waals surface area (Å²) in [5.74, 6) is 0. The molecule has 7 heteroatoms. The fourth-order valence-corrected chi connectivity index (χ4v) is 3.20. The third kappa shape index (κ3) is 2.49. The smallest absolute Gasteiger partial charge is 0.239 e. The number of hydrogen-bond acceptors (Lipinski definition) is 3. The van der Waals surface area contributed by atoms with Crippen LogP contribution < -0.4 is 10.5 Å². The molecule has 0 bridgehead atoms. The highest BCUT2D eigenvalue weighted by molar-refractivity contribution is 7.89. The summed E-state index contributed by atoms with van der Waals surface area (Å²) in [6.45, 7) is 1.35. The Morgan fingerprint density at radius 2 is 2.06 bits per heavy atom. The van der Waals surface area contributed by atoms with Crippen molar-refractivity contribution in [1.82, 2.24) is 5.32 Å². The van der Waals surface area contributed by atoms with Gasteiger partial charge in [-0.1, -0.05) is 17.7 Å². The number of hydrogen-bond donors (Lipinski definition) is 2. The number of primary sulfonamides is 1. The van der Waals surface area contributed by atoms with Crippen molar-refractivity contribution < 1.29 is 8.42 Å². The van der Waals surface area contributed by atoms with Crippen LogP contribution >= 0.6 is 24.0 Å². The summed E-state index contributed by atoms with van der Waals surface area (Å²) in [6.07, 6.45) is 0.801. The number of halogens is 2. The summed E-state index contributed by atoms with van der Waals surface area (Å²) in [4.78, 5) is 0.0638. The molecule has 90 valence electrons. The van der Waals surface area contributed by atoms with Crippen molar-refractivity contribution >= 4 is 34.0 Å². The fraction of sp³-hybridized carbons (Fsp3) is 0.333. The molecule has 0 saturated carbocycles. The van der Waals surface area contributed by atoms with Gasteiger partial charge in [0.15, 0.2) is 0 Å². The Balaban J connectivity index is 0.00000128. The van der Waals surface area contributed by atoms with E-state index in [9.17, 15) is 8.42 Å². The van der Waals surface area contributed by atoms with E-state index in [1.807, 2.05) is 6.07 Å². The molecule has 0 aromatic heterocycles. The second-order valence-electron chi connectivity index (χ2n) is 3.49. The molecule has 1 aromatic rings. The van der Waals surface area contributed by atoms with Gasteiger partial charge in [0.2, 0.25) is 10.0 Å². The lowest BCUT2D eigenvalue weighted by atomic mass is 10.0. The van der Waals surface area contributed by atoms with E-state index < -0.39 is 10.0 Å². The van der Waals surface area contributed by atoms with Gasteiger partial charge in [-0.25, -0.2) is 13.6 Å². The Morgan fingerprint density at radius 3 is 2.69 bits per heavy atom. The van der Waals surface area contributed by atoms with Crippen LogP contribution in [0.25, 0.3) is 0 Å². The summed E-state index contributed by atoms with van der Waals surface area (Å²) in [7, 11) is -3.75. The van der Waals surface area contributed by atoms with Gasteiger partial charge in [0.25, 0.3) is 0 Å². The molecular weight excluding hydrogens is 271 g/mol. The first kappa shape index (κ1) is 13.7. The maximum atomic E-state index is 11.4. The molecular formula is C9H12Cl2N2O2S. The third-order valence-electron chi connectivity index (χ3n) is 2.47. The van der Waals surface area contributed by atoms with E-state index in [0.29, 0.717) is 12.1 Å². The minimum Gasteiger partial charge on any atom is -0.312 e. The van der Waals surface area contributed by atoms with Gasteiger partial charge in [-0.15, -0.1) is 12.4 Å². The number of benzene rings is 1. The van der Waals surface area contributed by atoms with Gasteiger partial charge >= 0.3 is 0 Å². The molecule has 0 radical (unpaired) electrons. The van der Waals surface area contributed by atoms with Crippen LogP contribution in [0.3, 0.4) is 0 Å². The lowest BCUT2D eigenvalue weighted by Gasteiger charge is -2.20. The second kappa shape index (κ2) is 4.89. The summed E-state index contributed by atoms with van der Waals surface area (Å²) in [6, 6.07) is 3.44. The Hall–Kier alpha value is -0.330. The maximum Gasteiger partial charge on any atom is 0.239 e. The highest BCUT2D eigenvalue weighted by atomic mass is 35.5. The quantitative estimate of drug-likeness (QED) is 0.809. The Bertz CT molecular complexity index is 502. The average Bonchev–Trinajstić information content (AvgIpc) is 2.15. The average molecular weight is 283 g/mol. The first-order chi connectivity index (χ1) is 7.00. The summed E-state index contributed by atoms with van der Waals surface area (Å²) in [5, 5.41) is 8.44. The van der Waals surface area contributed by atoms with Gasteiger partial charge in [0, 0.05) is 6.54 Å². The number of fused-ring (bicyclic) bond motifs is 1. The molecule has 4 nitrogen and oxygen atoms in total. The van der Waals surface area contributed by atoms with Crippen molar-refractivity contribution in [2.24, 2.45) is 5.14 Å². The Kier molecular flexibility index (Phi) is 4.20. The van der Waals surface area contributed by atoms with Gasteiger partial charge in [0.05, 0.1) is 5.02 Å². The van der Waals surface area contributed by atoms with E-state index in [0.717, 1.165) is 18.5 Å². The van der Waals surface area contributed by atoms with Crippen LogP contribution in [-0.2, 0) is 23.0 Å². The van der Waals surface area contributed by atoms with Crippen LogP contribution in [0.2, 0.25) is 5.02 Å². The number of nitrogens with two attached hydrogens (primary N) is 1. The van der Waals surface area contributed by atoms with E-state index in [4.69, 9.17) is 16.7 Å². The Morgan fingerprint density at radius 1 is 1.38 bits per heavy atom. The van der Waals surface area contributed by atoms with Crippen molar-refractivity contribution in [3.05, 3.63) is 28.3 Å². The van der Waals surface area contributed by atoms with Crippen LogP contribution in [0.1, 0.15) is 11.1 Å². The number of nitrogens with one attached hydrogen (secondary N) is 1. The number of rotatable bonds is 1. The predicted octanol–water partition coefficient (Wildman–Crippen LogP) is 1.05. The Labute approximate surface area is 106 Å². The lowest BCUT2D eigenvalue weighted by molar-refractivity contribution is 0.589. The third-order valence-corrected chi connectivity index (χ3v) is 3.93. The second-order valence-corrected chi connectivity index (χ2v) is 5.39. The van der Waals surface area contributed by atoms with Crippen LogP contribution in [0.4, 0.5) is 0 Å². The van der Waals surface area contributed by atoms with Gasteiger partial charge in [-0.05, 0) is 30.2 Å². The van der Waals surface area contributed by atoms with E-state index in [1.165, 1.54) is 0 Å². The molecule has 0 atom stereocenters. The molecule has 2 rings (SSSR count). The molecule has 16 heavy (non-hydrogen) atoms. The van der Waals surface area contributed by atoms with Crippen LogP contribution in [0, 0.1) is 0 Å². The molecule has 0 fully saturated rings. The van der Waals surface area contributed by atoms with Crippen molar-refractivity contribution in [1.29, 1.82) is 0 Å². The molecule has 3 N–H and O–H groups in total. The largest absolute Gasteiger partial charge is 0.312 e. The van der Waals surface area contributed by atoms with Crippen molar-refractivity contribution in [3.63, 3.8) is 0 Å². The maximum absolute atomic E-state index is 11.4. The van der Waals surface area contributed by atoms with E-state index in [2.05, 4.69) is 5.32 Å². The van der Waals surface area contributed by atoms with Crippen molar-refractivity contribution in [2.75, 3.05) is 6.54 Å². The number of sulfonamides is 1. The minimum absolute atomic E-state index is 0. The molecule has 0 unspecified atom stereocenters. The summed E-state index contributed by atoms with van der Waals surface area (Å²) < 4.78 is 22.8. The molecule has 0 saturated heterocycles. The molecule has 0 aliphatic carbocycles. The van der Waals surface area contributed by atoms with Crippen LogP contribution in [0.15, 0.2) is 17.0 Å². The van der Waals surface area contributed by atoms with E-state index >= 15 is 0 Å². The zero-order chi connectivity index (χ0) is 11.1. The summed E-state index contributed by atoms with van der Waals surface area (Å²) >= 11 is 5.86. The standard InChI is InChI=1S/C9H11ClN2O2S.ClH/c10-8-2-1-6-3-4-12-5-7(6)9(8)15(11,13)14;/h1-2,12H,3-5H2,(H2,11,13,14);1H. The van der Waals surface area contributed by atoms with Crippen molar-refractivity contribution in [3.8, 4) is 0 Å². The van der Waals surface area contributed by atoms with Gasteiger partial charge in [0.1, 0.15) is 4.90 Å². The first-order valence-electron chi connectivity index (χ1n) is 4.54. The first-order valence-corrected chi connectivity index (χ1v) is 6.46. The normalized spacial score (nSPS) is 15.1. The van der Waals surface area contributed by atoms with Gasteiger partial charge in [-0.3, -0.25) is 0 Å². The minimum atomic E-state index is -3.75. The monoisotopic (exact) mass is 282 g/mol. The highest BCUT2D eigenvalue weighted by Crippen LogP contribution is 2.28. The fourth-order valence-electron chi connectivity index (χ4n) is 1.81. The van der Waals surface area contributed by atoms with Gasteiger partial charge < -0.3 is 5.32 Å². The highest BCUT2D eigenvalue weighted by Gasteiger charge is 2.22. The lowest BCUT2D eigenvalue weighted by Crippen LogP contribution is -2.27. The summed E-state index contributed by atoms with van der Waals surface area (Å²) in [5.41, 5.74) is 1.71. The SMILES string of the molecule is Cl.NS(=O)(=O)c1c(Cl)ccc2c1CNCC2. The molecule has 1 heterocycles. The zero-order valence-corrected chi connectivity index (χ0v) is 10.8. The molecule has 1 aromatic carbocycles. The van der Waals surface area contributed by atoms with Crippen LogP contribution in [0.5, 0.6) is 0 Å². The van der Waals surface area contributed by atoms with Gasteiger partial charge in [-0.2, -0.15) is 0 Å². The molecule has 1 aliphatic rings. The molecule has 0 spiro atoms. The topological polar surface area (TPSA) is 72.2 Å². The molecule has 1 aliphatic heterocycles. The van der Waals surface area contributed by atoms with Crippen molar-refractivity contribution in [2.45, 2.75) is 17.9 Å². The van der Waals surface area contributed by atoms with E-state index in [-0.39, 0.29) is 22.3 Å². The predicted molar refractivity (Wildman–Crippen MR) is 65.5 cm³/mol.